The molecule has 0 unspecified atom stereocenters. The number of fused-ring (bicyclic) bond motifs is 1. The summed E-state index contributed by atoms with van der Waals surface area (Å²) in [5.41, 5.74) is 1.37. The van der Waals surface area contributed by atoms with Crippen molar-refractivity contribution in [3.63, 3.8) is 0 Å². The fraction of sp³-hybridized carbons (Fsp3) is 0.214. The molecule has 0 aliphatic carbocycles. The molecule has 0 spiro atoms. The summed E-state index contributed by atoms with van der Waals surface area (Å²) in [5, 5.41) is 12.6. The summed E-state index contributed by atoms with van der Waals surface area (Å²) >= 11 is 0. The van der Waals surface area contributed by atoms with Crippen molar-refractivity contribution in [2.45, 2.75) is 6.61 Å². The van der Waals surface area contributed by atoms with Gasteiger partial charge in [0.1, 0.15) is 5.82 Å². The summed E-state index contributed by atoms with van der Waals surface area (Å²) in [6.07, 6.45) is 0. The second kappa shape index (κ2) is 4.90. The number of imide groups is 1. The number of nitrogens with zero attached hydrogens (tertiary/aromatic N) is 2. The van der Waals surface area contributed by atoms with Crippen LogP contribution in [0.3, 0.4) is 0 Å². The number of carbonyl (C=O) groups excluding carboxylic acids is 2. The minimum Gasteiger partial charge on any atom is -0.392 e. The van der Waals surface area contributed by atoms with Crippen LogP contribution >= 0.6 is 0 Å². The van der Waals surface area contributed by atoms with Crippen molar-refractivity contribution in [3.8, 4) is 0 Å². The summed E-state index contributed by atoms with van der Waals surface area (Å²) in [5.74, 6) is -0.241. The third kappa shape index (κ3) is 2.21. The fourth-order valence-corrected chi connectivity index (χ4v) is 2.33. The highest BCUT2D eigenvalue weighted by Crippen LogP contribution is 2.24. The van der Waals surface area contributed by atoms with Gasteiger partial charge >= 0.3 is 0 Å². The first-order chi connectivity index (χ1) is 9.67. The third-order valence-electron chi connectivity index (χ3n) is 3.20. The molecule has 1 aromatic heterocycles. The largest absolute Gasteiger partial charge is 0.392 e. The van der Waals surface area contributed by atoms with Gasteiger partial charge in [-0.15, -0.1) is 0 Å². The zero-order valence-corrected chi connectivity index (χ0v) is 10.7. The summed E-state index contributed by atoms with van der Waals surface area (Å²) in [6, 6.07) is 9.34. The van der Waals surface area contributed by atoms with Gasteiger partial charge in [0, 0.05) is 10.9 Å². The molecule has 1 aliphatic rings. The van der Waals surface area contributed by atoms with Gasteiger partial charge in [-0.1, -0.05) is 18.2 Å². The lowest BCUT2D eigenvalue weighted by Crippen LogP contribution is -2.52. The van der Waals surface area contributed by atoms with E-state index in [1.54, 1.807) is 4.90 Å². The van der Waals surface area contributed by atoms with Crippen LogP contribution in [-0.4, -0.2) is 35.0 Å². The summed E-state index contributed by atoms with van der Waals surface area (Å²) in [4.78, 5) is 29.0. The number of aliphatic hydroxyl groups excluding tert-OH is 1. The zero-order chi connectivity index (χ0) is 14.1. The first kappa shape index (κ1) is 12.6. The molecule has 0 atom stereocenters. The van der Waals surface area contributed by atoms with Crippen LogP contribution in [0.25, 0.3) is 10.9 Å². The molecule has 102 valence electrons. The Labute approximate surface area is 115 Å². The van der Waals surface area contributed by atoms with Gasteiger partial charge < -0.3 is 10.0 Å². The number of aliphatic hydroxyl groups is 1. The first-order valence-electron chi connectivity index (χ1n) is 6.24. The van der Waals surface area contributed by atoms with Crippen molar-refractivity contribution in [2.75, 3.05) is 18.0 Å². The molecule has 1 fully saturated rings. The summed E-state index contributed by atoms with van der Waals surface area (Å²) < 4.78 is 0. The molecule has 6 nitrogen and oxygen atoms in total. The second-order valence-electron chi connectivity index (χ2n) is 4.65. The minimum absolute atomic E-state index is 0.0596. The zero-order valence-electron chi connectivity index (χ0n) is 10.7. The van der Waals surface area contributed by atoms with Gasteiger partial charge in [0.2, 0.25) is 11.8 Å². The van der Waals surface area contributed by atoms with E-state index in [0.29, 0.717) is 11.4 Å². The van der Waals surface area contributed by atoms with Crippen LogP contribution in [0.4, 0.5) is 5.82 Å². The van der Waals surface area contributed by atoms with Gasteiger partial charge in [-0.3, -0.25) is 14.9 Å². The van der Waals surface area contributed by atoms with E-state index in [9.17, 15) is 14.7 Å². The smallest absolute Gasteiger partial charge is 0.246 e. The highest BCUT2D eigenvalue weighted by Gasteiger charge is 2.25. The summed E-state index contributed by atoms with van der Waals surface area (Å²) in [7, 11) is 0. The van der Waals surface area contributed by atoms with E-state index >= 15 is 0 Å². The van der Waals surface area contributed by atoms with Crippen molar-refractivity contribution >= 4 is 28.5 Å². The van der Waals surface area contributed by atoms with E-state index in [0.717, 1.165) is 10.9 Å². The predicted octanol–water partition coefficient (Wildman–Crippen LogP) is 0.190. The number of aromatic nitrogens is 1. The number of anilines is 1. The molecular formula is C14H13N3O3. The van der Waals surface area contributed by atoms with E-state index in [4.69, 9.17) is 0 Å². The number of nitrogens with one attached hydrogen (secondary N) is 1. The Kier molecular flexibility index (Phi) is 3.08. The molecule has 20 heavy (non-hydrogen) atoms. The Hall–Kier alpha value is -2.47. The van der Waals surface area contributed by atoms with Gasteiger partial charge in [0.05, 0.1) is 25.2 Å². The number of carbonyl (C=O) groups is 2. The normalized spacial score (nSPS) is 15.6. The molecule has 2 amide bonds. The van der Waals surface area contributed by atoms with Gasteiger partial charge in [-0.25, -0.2) is 4.98 Å². The van der Waals surface area contributed by atoms with E-state index in [2.05, 4.69) is 10.3 Å². The van der Waals surface area contributed by atoms with E-state index in [-0.39, 0.29) is 31.5 Å². The van der Waals surface area contributed by atoms with Crippen LogP contribution < -0.4 is 10.2 Å². The maximum Gasteiger partial charge on any atom is 0.246 e. The van der Waals surface area contributed by atoms with Crippen molar-refractivity contribution in [2.24, 2.45) is 0 Å². The number of rotatable bonds is 2. The van der Waals surface area contributed by atoms with E-state index < -0.39 is 0 Å². The highest BCUT2D eigenvalue weighted by atomic mass is 16.3. The molecule has 0 radical (unpaired) electrons. The van der Waals surface area contributed by atoms with Crippen LogP contribution in [0.15, 0.2) is 30.3 Å². The molecule has 2 aromatic rings. The number of hydrogen-bond acceptors (Lipinski definition) is 5. The Morgan fingerprint density at radius 3 is 2.60 bits per heavy atom. The van der Waals surface area contributed by atoms with Crippen molar-refractivity contribution in [3.05, 3.63) is 35.9 Å². The summed E-state index contributed by atoms with van der Waals surface area (Å²) in [6.45, 7) is -0.0758. The number of pyridine rings is 1. The maximum absolute atomic E-state index is 11.5. The van der Waals surface area contributed by atoms with E-state index in [1.807, 2.05) is 30.3 Å². The monoisotopic (exact) mass is 271 g/mol. The van der Waals surface area contributed by atoms with E-state index in [1.165, 1.54) is 0 Å². The molecule has 0 saturated carbocycles. The number of benzene rings is 1. The molecule has 3 rings (SSSR count). The quantitative estimate of drug-likeness (QED) is 0.762. The lowest BCUT2D eigenvalue weighted by atomic mass is 10.1. The molecule has 0 bridgehead atoms. The van der Waals surface area contributed by atoms with Crippen LogP contribution in [0.5, 0.6) is 0 Å². The fourth-order valence-electron chi connectivity index (χ4n) is 2.33. The van der Waals surface area contributed by atoms with Gasteiger partial charge in [-0.05, 0) is 12.1 Å². The highest BCUT2D eigenvalue weighted by molar-refractivity contribution is 6.02. The third-order valence-corrected chi connectivity index (χ3v) is 3.20. The van der Waals surface area contributed by atoms with Crippen LogP contribution in [0, 0.1) is 0 Å². The standard InChI is InChI=1S/C14H13N3O3/c18-8-10-5-9-3-1-2-4-11(9)15-14(10)17-6-12(19)16-13(20)7-17/h1-5,18H,6-8H2,(H,16,19,20). The Bertz CT molecular complexity index is 683. The Morgan fingerprint density at radius 1 is 1.20 bits per heavy atom. The van der Waals surface area contributed by atoms with Crippen molar-refractivity contribution in [1.82, 2.24) is 10.3 Å². The van der Waals surface area contributed by atoms with Gasteiger partial charge in [-0.2, -0.15) is 0 Å². The second-order valence-corrected chi connectivity index (χ2v) is 4.65. The molecule has 1 aromatic carbocycles. The lowest BCUT2D eigenvalue weighted by molar-refractivity contribution is -0.130. The number of para-hydroxylation sites is 1. The topological polar surface area (TPSA) is 82.5 Å². The van der Waals surface area contributed by atoms with Gasteiger partial charge in [0.15, 0.2) is 0 Å². The molecule has 2 heterocycles. The predicted molar refractivity (Wildman–Crippen MR) is 73.0 cm³/mol. The number of hydrogen-bond donors (Lipinski definition) is 2. The average molecular weight is 271 g/mol. The molecular weight excluding hydrogens is 258 g/mol. The lowest BCUT2D eigenvalue weighted by Gasteiger charge is -2.28. The Morgan fingerprint density at radius 2 is 1.90 bits per heavy atom. The van der Waals surface area contributed by atoms with Crippen LogP contribution in [0.2, 0.25) is 0 Å². The first-order valence-corrected chi connectivity index (χ1v) is 6.24. The van der Waals surface area contributed by atoms with Gasteiger partial charge in [0.25, 0.3) is 0 Å². The minimum atomic E-state index is -0.361. The van der Waals surface area contributed by atoms with Crippen molar-refractivity contribution in [1.29, 1.82) is 0 Å². The molecule has 6 heteroatoms. The molecule has 1 saturated heterocycles. The average Bonchev–Trinajstić information content (AvgIpc) is 2.44. The number of piperazine rings is 1. The maximum atomic E-state index is 11.5. The molecule has 2 N–H and O–H groups in total. The van der Waals surface area contributed by atoms with Crippen molar-refractivity contribution < 1.29 is 14.7 Å². The Balaban J connectivity index is 2.09. The van der Waals surface area contributed by atoms with Crippen LogP contribution in [0.1, 0.15) is 5.56 Å². The SMILES string of the molecule is O=C1CN(c2nc3ccccc3cc2CO)CC(=O)N1. The molecule has 1 aliphatic heterocycles. The number of amides is 2. The van der Waals surface area contributed by atoms with Crippen LogP contribution in [-0.2, 0) is 16.2 Å².